The van der Waals surface area contributed by atoms with Crippen molar-refractivity contribution in [2.45, 2.75) is 73.1 Å². The third-order valence-corrected chi connectivity index (χ3v) is 5.96. The summed E-state index contributed by atoms with van der Waals surface area (Å²) in [6.45, 7) is 18.3. The van der Waals surface area contributed by atoms with Gasteiger partial charge in [-0.1, -0.05) is 53.7 Å². The second-order valence-corrected chi connectivity index (χ2v) is 11.1. The summed E-state index contributed by atoms with van der Waals surface area (Å²) in [5.41, 5.74) is 6.46. The van der Waals surface area contributed by atoms with Crippen molar-refractivity contribution in [2.75, 3.05) is 0 Å². The maximum Gasteiger partial charge on any atom is 0.131 e. The SMILES string of the molecule is Cc1cc(-c2cc(C)cc(C(C)(C)C)c2O)c(O)c(-c2cc(C)cc(C(C)(C)C)c2O)c1. The van der Waals surface area contributed by atoms with Crippen LogP contribution in [0.15, 0.2) is 36.4 Å². The molecule has 3 nitrogen and oxygen atoms in total. The standard InChI is InChI=1S/C29H36O3/c1-16-10-19(21-12-17(2)14-23(26(21)31)28(4,5)6)25(30)20(11-16)22-13-18(3)15-24(27(22)32)29(7,8)9/h10-15,30-32H,1-9H3. The molecule has 0 aliphatic heterocycles. The number of phenolic OH excluding ortho intramolecular Hbond substituents is 3. The van der Waals surface area contributed by atoms with Crippen molar-refractivity contribution in [1.29, 1.82) is 0 Å². The largest absolute Gasteiger partial charge is 0.507 e. The molecule has 3 heteroatoms. The number of rotatable bonds is 2. The highest BCUT2D eigenvalue weighted by Crippen LogP contribution is 2.48. The highest BCUT2D eigenvalue weighted by atomic mass is 16.3. The van der Waals surface area contributed by atoms with Gasteiger partial charge in [0.15, 0.2) is 0 Å². The quantitative estimate of drug-likeness (QED) is 0.389. The molecule has 3 aromatic rings. The van der Waals surface area contributed by atoms with Crippen molar-refractivity contribution in [3.8, 4) is 39.5 Å². The normalized spacial score (nSPS) is 12.3. The second-order valence-electron chi connectivity index (χ2n) is 11.1. The van der Waals surface area contributed by atoms with Gasteiger partial charge in [-0.25, -0.2) is 0 Å². The van der Waals surface area contributed by atoms with Gasteiger partial charge in [-0.05, 0) is 72.6 Å². The number of aryl methyl sites for hydroxylation is 3. The Morgan fingerprint density at radius 2 is 0.688 bits per heavy atom. The zero-order valence-electron chi connectivity index (χ0n) is 20.8. The molecule has 0 fully saturated rings. The Kier molecular flexibility index (Phi) is 5.84. The Bertz CT molecular complexity index is 1100. The fraction of sp³-hybridized carbons (Fsp3) is 0.379. The summed E-state index contributed by atoms with van der Waals surface area (Å²) in [5.74, 6) is 0.412. The average Bonchev–Trinajstić information content (AvgIpc) is 2.65. The smallest absolute Gasteiger partial charge is 0.131 e. The van der Waals surface area contributed by atoms with Crippen LogP contribution in [0.2, 0.25) is 0 Å². The van der Waals surface area contributed by atoms with Crippen molar-refractivity contribution in [3.05, 3.63) is 64.2 Å². The lowest BCUT2D eigenvalue weighted by Gasteiger charge is -2.25. The first-order chi connectivity index (χ1) is 14.6. The molecule has 170 valence electrons. The lowest BCUT2D eigenvalue weighted by atomic mass is 9.81. The van der Waals surface area contributed by atoms with Gasteiger partial charge in [-0.15, -0.1) is 0 Å². The van der Waals surface area contributed by atoms with Crippen molar-refractivity contribution in [2.24, 2.45) is 0 Å². The molecular formula is C29H36O3. The fourth-order valence-corrected chi connectivity index (χ4v) is 4.30. The molecule has 0 amide bonds. The zero-order chi connectivity index (χ0) is 24.2. The van der Waals surface area contributed by atoms with Crippen LogP contribution in [-0.4, -0.2) is 15.3 Å². The van der Waals surface area contributed by atoms with E-state index in [1.807, 2.05) is 57.2 Å². The van der Waals surface area contributed by atoms with E-state index < -0.39 is 0 Å². The third kappa shape index (κ3) is 4.34. The number of hydrogen-bond donors (Lipinski definition) is 3. The van der Waals surface area contributed by atoms with Crippen LogP contribution in [0.1, 0.15) is 69.4 Å². The first-order valence-corrected chi connectivity index (χ1v) is 11.1. The minimum absolute atomic E-state index is 0.0529. The molecule has 0 atom stereocenters. The maximum absolute atomic E-state index is 11.4. The summed E-state index contributed by atoms with van der Waals surface area (Å²) in [4.78, 5) is 0. The fourth-order valence-electron chi connectivity index (χ4n) is 4.30. The van der Waals surface area contributed by atoms with Crippen LogP contribution in [0.25, 0.3) is 22.3 Å². The van der Waals surface area contributed by atoms with E-state index in [-0.39, 0.29) is 28.1 Å². The van der Waals surface area contributed by atoms with Crippen molar-refractivity contribution < 1.29 is 15.3 Å². The molecule has 3 aromatic carbocycles. The van der Waals surface area contributed by atoms with Gasteiger partial charge in [0.2, 0.25) is 0 Å². The number of benzene rings is 3. The summed E-state index contributed by atoms with van der Waals surface area (Å²) in [5, 5.41) is 33.8. The average molecular weight is 433 g/mol. The minimum atomic E-state index is -0.246. The molecular weight excluding hydrogens is 396 g/mol. The molecule has 3 rings (SSSR count). The highest BCUT2D eigenvalue weighted by Gasteiger charge is 2.26. The Labute approximate surface area is 192 Å². The number of phenols is 3. The first kappa shape index (κ1) is 23.7. The molecule has 3 N–H and O–H groups in total. The van der Waals surface area contributed by atoms with E-state index in [1.165, 1.54) is 0 Å². The van der Waals surface area contributed by atoms with Crippen molar-refractivity contribution in [1.82, 2.24) is 0 Å². The predicted octanol–water partition coefficient (Wildman–Crippen LogP) is 7.66. The molecule has 0 aliphatic rings. The van der Waals surface area contributed by atoms with Crippen LogP contribution in [0.3, 0.4) is 0 Å². The summed E-state index contributed by atoms with van der Waals surface area (Å²) in [6, 6.07) is 11.6. The Morgan fingerprint density at radius 3 is 0.969 bits per heavy atom. The van der Waals surface area contributed by atoms with Crippen LogP contribution < -0.4 is 0 Å². The van der Waals surface area contributed by atoms with Gasteiger partial charge >= 0.3 is 0 Å². The van der Waals surface area contributed by atoms with E-state index >= 15 is 0 Å². The van der Waals surface area contributed by atoms with E-state index in [0.717, 1.165) is 27.8 Å². The van der Waals surface area contributed by atoms with Gasteiger partial charge in [0.1, 0.15) is 17.2 Å². The van der Waals surface area contributed by atoms with Gasteiger partial charge in [0.25, 0.3) is 0 Å². The monoisotopic (exact) mass is 432 g/mol. The van der Waals surface area contributed by atoms with Crippen LogP contribution in [0.5, 0.6) is 17.2 Å². The van der Waals surface area contributed by atoms with Crippen molar-refractivity contribution >= 4 is 0 Å². The molecule has 0 bridgehead atoms. The minimum Gasteiger partial charge on any atom is -0.507 e. The molecule has 0 saturated heterocycles. The molecule has 0 unspecified atom stereocenters. The van der Waals surface area contributed by atoms with E-state index in [9.17, 15) is 15.3 Å². The third-order valence-electron chi connectivity index (χ3n) is 5.96. The van der Waals surface area contributed by atoms with Gasteiger partial charge in [-0.2, -0.15) is 0 Å². The lowest BCUT2D eigenvalue weighted by molar-refractivity contribution is 0.445. The molecule has 32 heavy (non-hydrogen) atoms. The number of hydrogen-bond acceptors (Lipinski definition) is 3. The van der Waals surface area contributed by atoms with E-state index in [4.69, 9.17) is 0 Å². The Hall–Kier alpha value is -2.94. The maximum atomic E-state index is 11.4. The zero-order valence-corrected chi connectivity index (χ0v) is 20.8. The van der Waals surface area contributed by atoms with Crippen molar-refractivity contribution in [3.63, 3.8) is 0 Å². The van der Waals surface area contributed by atoms with Crippen LogP contribution in [0.4, 0.5) is 0 Å². The topological polar surface area (TPSA) is 60.7 Å². The predicted molar refractivity (Wildman–Crippen MR) is 134 cm³/mol. The summed E-state index contributed by atoms with van der Waals surface area (Å²) < 4.78 is 0. The summed E-state index contributed by atoms with van der Waals surface area (Å²) >= 11 is 0. The highest BCUT2D eigenvalue weighted by molar-refractivity contribution is 5.88. The molecule has 0 aliphatic carbocycles. The first-order valence-electron chi connectivity index (χ1n) is 11.1. The van der Waals surface area contributed by atoms with Crippen LogP contribution in [0, 0.1) is 20.8 Å². The van der Waals surface area contributed by atoms with Gasteiger partial charge in [0.05, 0.1) is 0 Å². The molecule has 0 saturated carbocycles. The van der Waals surface area contributed by atoms with Gasteiger partial charge in [-0.3, -0.25) is 0 Å². The van der Waals surface area contributed by atoms with E-state index in [0.29, 0.717) is 22.3 Å². The lowest BCUT2D eigenvalue weighted by Crippen LogP contribution is -2.12. The molecule has 0 aromatic heterocycles. The molecule has 0 radical (unpaired) electrons. The summed E-state index contributed by atoms with van der Waals surface area (Å²) in [6.07, 6.45) is 0. The second kappa shape index (κ2) is 7.88. The van der Waals surface area contributed by atoms with E-state index in [2.05, 4.69) is 41.5 Å². The van der Waals surface area contributed by atoms with Gasteiger partial charge in [0, 0.05) is 33.4 Å². The Morgan fingerprint density at radius 1 is 0.438 bits per heavy atom. The Balaban J connectivity index is 2.36. The summed E-state index contributed by atoms with van der Waals surface area (Å²) in [7, 11) is 0. The number of aromatic hydroxyl groups is 3. The van der Waals surface area contributed by atoms with Crippen LogP contribution in [-0.2, 0) is 10.8 Å². The molecule has 0 heterocycles. The van der Waals surface area contributed by atoms with Crippen LogP contribution >= 0.6 is 0 Å². The van der Waals surface area contributed by atoms with E-state index in [1.54, 1.807) is 0 Å². The molecule has 0 spiro atoms. The van der Waals surface area contributed by atoms with Gasteiger partial charge < -0.3 is 15.3 Å².